The van der Waals surface area contributed by atoms with Crippen LogP contribution in [0.1, 0.15) is 25.4 Å². The van der Waals surface area contributed by atoms with Crippen molar-refractivity contribution in [3.63, 3.8) is 0 Å². The molecule has 7 nitrogen and oxygen atoms in total. The van der Waals surface area contributed by atoms with Gasteiger partial charge < -0.3 is 14.3 Å². The summed E-state index contributed by atoms with van der Waals surface area (Å²) in [5.41, 5.74) is 0. The largest absolute Gasteiger partial charge is 0.447 e. The molecule has 2 N–H and O–H groups in total. The molecule has 0 saturated heterocycles. The van der Waals surface area contributed by atoms with Gasteiger partial charge in [0.15, 0.2) is 5.76 Å². The predicted octanol–water partition coefficient (Wildman–Crippen LogP) is 1.24. The summed E-state index contributed by atoms with van der Waals surface area (Å²) in [5.74, 6) is 1.00. The van der Waals surface area contributed by atoms with Crippen molar-refractivity contribution in [1.82, 2.24) is 15.2 Å². The van der Waals surface area contributed by atoms with E-state index in [4.69, 9.17) is 8.94 Å². The first-order chi connectivity index (χ1) is 9.47. The van der Waals surface area contributed by atoms with Crippen molar-refractivity contribution >= 4 is 10.0 Å². The van der Waals surface area contributed by atoms with Gasteiger partial charge in [-0.05, 0) is 12.1 Å². The van der Waals surface area contributed by atoms with Crippen molar-refractivity contribution in [2.24, 2.45) is 0 Å². The van der Waals surface area contributed by atoms with Gasteiger partial charge in [0.25, 0.3) is 10.0 Å². The van der Waals surface area contributed by atoms with Crippen LogP contribution in [0.4, 0.5) is 0 Å². The third kappa shape index (κ3) is 3.92. The van der Waals surface area contributed by atoms with Gasteiger partial charge in [0.1, 0.15) is 5.76 Å². The van der Waals surface area contributed by atoms with Crippen molar-refractivity contribution in [3.8, 4) is 0 Å². The van der Waals surface area contributed by atoms with Crippen LogP contribution >= 0.6 is 0 Å². The van der Waals surface area contributed by atoms with Gasteiger partial charge in [-0.3, -0.25) is 0 Å². The first-order valence-corrected chi connectivity index (χ1v) is 7.67. The lowest BCUT2D eigenvalue weighted by molar-refractivity contribution is 0.375. The highest BCUT2D eigenvalue weighted by molar-refractivity contribution is 7.89. The maximum Gasteiger partial charge on any atom is 0.274 e. The molecule has 0 saturated carbocycles. The molecule has 110 valence electrons. The third-order valence-corrected chi connectivity index (χ3v) is 3.79. The molecule has 2 rings (SSSR count). The molecule has 0 aromatic carbocycles. The predicted molar refractivity (Wildman–Crippen MR) is 71.2 cm³/mol. The van der Waals surface area contributed by atoms with Gasteiger partial charge in [0.2, 0.25) is 5.09 Å². The highest BCUT2D eigenvalue weighted by Gasteiger charge is 2.19. The van der Waals surface area contributed by atoms with Gasteiger partial charge in [-0.1, -0.05) is 19.0 Å². The monoisotopic (exact) mass is 299 g/mol. The Kier molecular flexibility index (Phi) is 4.58. The van der Waals surface area contributed by atoms with Crippen LogP contribution in [0.3, 0.4) is 0 Å². The fraction of sp³-hybridized carbons (Fsp3) is 0.417. The van der Waals surface area contributed by atoms with Gasteiger partial charge in [0.05, 0.1) is 19.3 Å². The van der Waals surface area contributed by atoms with E-state index in [1.807, 2.05) is 13.8 Å². The van der Waals surface area contributed by atoms with E-state index in [1.54, 1.807) is 12.1 Å². The average Bonchev–Trinajstić information content (AvgIpc) is 3.05. The summed E-state index contributed by atoms with van der Waals surface area (Å²) in [5, 5.41) is 6.53. The van der Waals surface area contributed by atoms with Crippen LogP contribution < -0.4 is 10.0 Å². The second kappa shape index (κ2) is 6.21. The minimum absolute atomic E-state index is 0.0304. The van der Waals surface area contributed by atoms with Gasteiger partial charge in [0, 0.05) is 12.1 Å². The van der Waals surface area contributed by atoms with Crippen LogP contribution in [0.2, 0.25) is 0 Å². The van der Waals surface area contributed by atoms with E-state index in [0.29, 0.717) is 24.1 Å². The Hall–Kier alpha value is -1.64. The molecular weight excluding hydrogens is 282 g/mol. The van der Waals surface area contributed by atoms with Crippen molar-refractivity contribution in [2.45, 2.75) is 38.1 Å². The summed E-state index contributed by atoms with van der Waals surface area (Å²) in [6.07, 6.45) is 1.45. The normalized spacial score (nSPS) is 12.2. The number of rotatable bonds is 7. The van der Waals surface area contributed by atoms with E-state index in [2.05, 4.69) is 15.2 Å². The number of nitrogens with one attached hydrogen (secondary N) is 2. The Bertz CT molecular complexity index is 631. The number of hydrogen-bond acceptors (Lipinski definition) is 6. The topological polar surface area (TPSA) is 97.4 Å². The second-order valence-corrected chi connectivity index (χ2v) is 6.26. The molecule has 0 fully saturated rings. The van der Waals surface area contributed by atoms with Gasteiger partial charge in [-0.2, -0.15) is 0 Å². The summed E-state index contributed by atoms with van der Waals surface area (Å²) < 4.78 is 36.5. The standard InChI is InChI=1S/C12H17N3O4S/c1-9(2)13-7-10-3-4-12(18-10)20(16,17)15-8-11-5-6-14-19-11/h3-6,9,13,15H,7-8H2,1-2H3. The van der Waals surface area contributed by atoms with Crippen molar-refractivity contribution < 1.29 is 17.4 Å². The Morgan fingerprint density at radius 1 is 1.20 bits per heavy atom. The smallest absolute Gasteiger partial charge is 0.274 e. The van der Waals surface area contributed by atoms with E-state index in [-0.39, 0.29) is 11.6 Å². The maximum absolute atomic E-state index is 12.0. The van der Waals surface area contributed by atoms with Crippen molar-refractivity contribution in [3.05, 3.63) is 35.9 Å². The van der Waals surface area contributed by atoms with Crippen LogP contribution in [0.15, 0.2) is 38.4 Å². The number of sulfonamides is 1. The Morgan fingerprint density at radius 2 is 2.00 bits per heavy atom. The first-order valence-electron chi connectivity index (χ1n) is 6.19. The molecule has 8 heteroatoms. The lowest BCUT2D eigenvalue weighted by Gasteiger charge is -2.05. The van der Waals surface area contributed by atoms with Crippen LogP contribution in [-0.2, 0) is 23.1 Å². The first kappa shape index (κ1) is 14.8. The molecule has 0 amide bonds. The summed E-state index contributed by atoms with van der Waals surface area (Å²) in [7, 11) is -3.69. The SMILES string of the molecule is CC(C)NCc1ccc(S(=O)(=O)NCc2ccno2)o1. The Morgan fingerprint density at radius 3 is 2.65 bits per heavy atom. The summed E-state index contributed by atoms with van der Waals surface area (Å²) in [6, 6.07) is 4.95. The lowest BCUT2D eigenvalue weighted by Crippen LogP contribution is -2.23. The molecule has 20 heavy (non-hydrogen) atoms. The van der Waals surface area contributed by atoms with Crippen LogP contribution in [-0.4, -0.2) is 19.6 Å². The van der Waals surface area contributed by atoms with Crippen LogP contribution in [0.5, 0.6) is 0 Å². The molecule has 0 radical (unpaired) electrons. The number of furan rings is 1. The minimum Gasteiger partial charge on any atom is -0.447 e. The molecule has 0 bridgehead atoms. The zero-order valence-corrected chi connectivity index (χ0v) is 12.1. The van der Waals surface area contributed by atoms with E-state index < -0.39 is 10.0 Å². The molecule has 0 atom stereocenters. The molecule has 0 aliphatic carbocycles. The van der Waals surface area contributed by atoms with Gasteiger partial charge >= 0.3 is 0 Å². The second-order valence-electron chi connectivity index (χ2n) is 4.56. The van der Waals surface area contributed by atoms with E-state index >= 15 is 0 Å². The van der Waals surface area contributed by atoms with Crippen molar-refractivity contribution in [2.75, 3.05) is 0 Å². The zero-order valence-electron chi connectivity index (χ0n) is 11.3. The van der Waals surface area contributed by atoms with Crippen LogP contribution in [0, 0.1) is 0 Å². The molecule has 0 spiro atoms. The fourth-order valence-electron chi connectivity index (χ4n) is 1.47. The molecule has 0 unspecified atom stereocenters. The average molecular weight is 299 g/mol. The minimum atomic E-state index is -3.69. The summed E-state index contributed by atoms with van der Waals surface area (Å²) in [6.45, 7) is 4.51. The summed E-state index contributed by atoms with van der Waals surface area (Å²) in [4.78, 5) is 0. The molecule has 2 aromatic heterocycles. The van der Waals surface area contributed by atoms with E-state index in [0.717, 1.165) is 0 Å². The molecule has 0 aliphatic rings. The van der Waals surface area contributed by atoms with Gasteiger partial charge in [-0.25, -0.2) is 13.1 Å². The quantitative estimate of drug-likeness (QED) is 0.798. The van der Waals surface area contributed by atoms with Crippen molar-refractivity contribution in [1.29, 1.82) is 0 Å². The number of nitrogens with zero attached hydrogens (tertiary/aromatic N) is 1. The zero-order chi connectivity index (χ0) is 14.6. The fourth-order valence-corrected chi connectivity index (χ4v) is 2.41. The molecule has 2 aromatic rings. The Labute approximate surface area is 117 Å². The molecular formula is C12H17N3O4S. The van der Waals surface area contributed by atoms with Gasteiger partial charge in [-0.15, -0.1) is 0 Å². The summed E-state index contributed by atoms with van der Waals surface area (Å²) >= 11 is 0. The molecule has 0 aliphatic heterocycles. The molecule has 2 heterocycles. The van der Waals surface area contributed by atoms with Crippen LogP contribution in [0.25, 0.3) is 0 Å². The number of hydrogen-bond donors (Lipinski definition) is 2. The van der Waals surface area contributed by atoms with E-state index in [1.165, 1.54) is 12.3 Å². The maximum atomic E-state index is 12.0. The lowest BCUT2D eigenvalue weighted by atomic mass is 10.3. The Balaban J connectivity index is 1.98. The third-order valence-electron chi connectivity index (χ3n) is 2.51. The number of aromatic nitrogens is 1. The highest BCUT2D eigenvalue weighted by atomic mass is 32.2. The highest BCUT2D eigenvalue weighted by Crippen LogP contribution is 2.14. The van der Waals surface area contributed by atoms with E-state index in [9.17, 15) is 8.42 Å².